The number of ether oxygens (including phenoxy) is 5. The van der Waals surface area contributed by atoms with Gasteiger partial charge in [-0.2, -0.15) is 0 Å². The van der Waals surface area contributed by atoms with Gasteiger partial charge in [0.1, 0.15) is 24.4 Å². The summed E-state index contributed by atoms with van der Waals surface area (Å²) < 4.78 is 60.5. The molecule has 284 valence electrons. The van der Waals surface area contributed by atoms with Gasteiger partial charge in [0.25, 0.3) is 10.0 Å². The summed E-state index contributed by atoms with van der Waals surface area (Å²) in [4.78, 5) is 2.99. The van der Waals surface area contributed by atoms with E-state index >= 15 is 0 Å². The lowest BCUT2D eigenvalue weighted by Gasteiger charge is -2.44. The van der Waals surface area contributed by atoms with Crippen LogP contribution in [-0.4, -0.2) is 74.6 Å². The average Bonchev–Trinajstić information content (AvgIpc) is 3.59. The number of aromatic nitrogens is 1. The minimum absolute atomic E-state index is 0.0960. The lowest BCUT2D eigenvalue weighted by atomic mass is 9.98. The van der Waals surface area contributed by atoms with Crippen LogP contribution < -0.4 is 0 Å². The number of benzene rings is 4. The van der Waals surface area contributed by atoms with Gasteiger partial charge in [-0.3, -0.25) is 0 Å². The lowest BCUT2D eigenvalue weighted by molar-refractivity contribution is -0.320. The Morgan fingerprint density at radius 3 is 2.07 bits per heavy atom. The zero-order chi connectivity index (χ0) is 37.6. The maximum Gasteiger partial charge on any atom is 0.268 e. The number of azide groups is 1. The summed E-state index contributed by atoms with van der Waals surface area (Å²) in [6, 6.07) is 35.2. The zero-order valence-corrected chi connectivity index (χ0v) is 30.8. The molecule has 0 radical (unpaired) electrons. The normalized spacial score (nSPS) is 20.1. The molecule has 1 fully saturated rings. The Labute approximate surface area is 315 Å². The van der Waals surface area contributed by atoms with Crippen molar-refractivity contribution in [1.29, 1.82) is 0 Å². The van der Waals surface area contributed by atoms with Crippen LogP contribution in [0.25, 0.3) is 21.3 Å². The standard InChI is InChI=1S/C41H46N4O8S/c42-44-43-24-13-4-14-25-49-30-37-38(46)39(51-28-31-15-5-1-6-16-31)40(52-29-32-17-7-2-8-18-32)41(53-37)50-26-23-33-27-45(36-22-12-11-21-35(33)36)54(47,48)34-19-9-3-10-20-34/h1-3,5-12,15-22,27,37-41,46H,4,13-14,23-26,28-30H2/t37-,38-,39+,40-,41-/m1/s1. The maximum absolute atomic E-state index is 13.7. The van der Waals surface area contributed by atoms with Crippen molar-refractivity contribution >= 4 is 20.9 Å². The van der Waals surface area contributed by atoms with E-state index in [0.717, 1.165) is 41.3 Å². The lowest BCUT2D eigenvalue weighted by Crippen LogP contribution is -2.61. The molecule has 0 amide bonds. The SMILES string of the molecule is [N-]=[N+]=NCCCCCOC[C@H]1O[C@@H](OCCc2cn(S(=O)(=O)c3ccccc3)c3ccccc23)[C@H](OCc2ccccc2)[C@@H](OCc2ccccc2)[C@@H]1O. The number of rotatable bonds is 20. The number of aliphatic hydroxyl groups is 1. The highest BCUT2D eigenvalue weighted by atomic mass is 32.2. The van der Waals surface area contributed by atoms with Gasteiger partial charge in [0.2, 0.25) is 0 Å². The van der Waals surface area contributed by atoms with E-state index in [1.54, 1.807) is 42.6 Å². The van der Waals surface area contributed by atoms with Gasteiger partial charge >= 0.3 is 0 Å². The summed E-state index contributed by atoms with van der Waals surface area (Å²) in [6.45, 7) is 1.60. The molecule has 5 aromatic rings. The first-order chi connectivity index (χ1) is 26.5. The fourth-order valence-electron chi connectivity index (χ4n) is 6.48. The minimum Gasteiger partial charge on any atom is -0.387 e. The van der Waals surface area contributed by atoms with Gasteiger partial charge in [-0.15, -0.1) is 0 Å². The Hall–Kier alpha value is -4.56. The van der Waals surface area contributed by atoms with Gasteiger partial charge in [0.15, 0.2) is 6.29 Å². The van der Waals surface area contributed by atoms with Crippen molar-refractivity contribution in [1.82, 2.24) is 3.97 Å². The van der Waals surface area contributed by atoms with Crippen LogP contribution in [0.1, 0.15) is 36.0 Å². The fourth-order valence-corrected chi connectivity index (χ4v) is 7.89. The number of aliphatic hydroxyl groups excluding tert-OH is 1. The first-order valence-corrected chi connectivity index (χ1v) is 19.6. The van der Waals surface area contributed by atoms with Gasteiger partial charge in [0.05, 0.1) is 36.8 Å². The Bertz CT molecular complexity index is 2040. The third-order valence-electron chi connectivity index (χ3n) is 9.30. The van der Waals surface area contributed by atoms with E-state index < -0.39 is 40.7 Å². The maximum atomic E-state index is 13.7. The molecule has 0 aliphatic carbocycles. The van der Waals surface area contributed by atoms with Gasteiger partial charge in [-0.1, -0.05) is 109 Å². The molecule has 1 aliphatic rings. The number of hydrogen-bond acceptors (Lipinski definition) is 9. The van der Waals surface area contributed by atoms with Crippen LogP contribution >= 0.6 is 0 Å². The molecule has 0 bridgehead atoms. The molecule has 0 saturated carbocycles. The molecular formula is C41H46N4O8S. The molecule has 4 aromatic carbocycles. The van der Waals surface area contributed by atoms with E-state index in [0.29, 0.717) is 25.1 Å². The van der Waals surface area contributed by atoms with Gasteiger partial charge in [-0.05, 0) is 59.7 Å². The topological polar surface area (TPSA) is 154 Å². The predicted molar refractivity (Wildman–Crippen MR) is 204 cm³/mol. The van der Waals surface area contributed by atoms with E-state index in [9.17, 15) is 13.5 Å². The summed E-state index contributed by atoms with van der Waals surface area (Å²) in [7, 11) is -3.85. The number of fused-ring (bicyclic) bond motifs is 1. The van der Waals surface area contributed by atoms with Crippen LogP contribution in [0, 0.1) is 0 Å². The molecule has 1 saturated heterocycles. The highest BCUT2D eigenvalue weighted by molar-refractivity contribution is 7.90. The van der Waals surface area contributed by atoms with E-state index in [-0.39, 0.29) is 31.3 Å². The first kappa shape index (κ1) is 39.1. The number of hydrogen-bond donors (Lipinski definition) is 1. The summed E-state index contributed by atoms with van der Waals surface area (Å²) in [5.74, 6) is 0. The highest BCUT2D eigenvalue weighted by Gasteiger charge is 2.47. The minimum atomic E-state index is -3.85. The molecule has 13 heteroatoms. The summed E-state index contributed by atoms with van der Waals surface area (Å²) in [6.07, 6.45) is -0.0973. The van der Waals surface area contributed by atoms with Crippen LogP contribution in [0.3, 0.4) is 0 Å². The Balaban J connectivity index is 1.21. The van der Waals surface area contributed by atoms with E-state index in [2.05, 4.69) is 10.0 Å². The second-order valence-electron chi connectivity index (χ2n) is 13.1. The van der Waals surface area contributed by atoms with Crippen molar-refractivity contribution in [2.24, 2.45) is 5.11 Å². The van der Waals surface area contributed by atoms with Gasteiger partial charge in [0, 0.05) is 29.6 Å². The molecule has 54 heavy (non-hydrogen) atoms. The molecule has 1 aliphatic heterocycles. The molecule has 0 spiro atoms. The molecule has 0 unspecified atom stereocenters. The quantitative estimate of drug-likeness (QED) is 0.0379. The van der Waals surface area contributed by atoms with Crippen LogP contribution in [0.5, 0.6) is 0 Å². The van der Waals surface area contributed by atoms with Crippen LogP contribution in [0.15, 0.2) is 131 Å². The second kappa shape index (κ2) is 19.7. The Kier molecular flexibility index (Phi) is 14.3. The van der Waals surface area contributed by atoms with Gasteiger partial charge < -0.3 is 28.8 Å². The molecular weight excluding hydrogens is 709 g/mol. The van der Waals surface area contributed by atoms with Crippen molar-refractivity contribution < 1.29 is 37.2 Å². The van der Waals surface area contributed by atoms with Crippen LogP contribution in [0.2, 0.25) is 0 Å². The van der Waals surface area contributed by atoms with Crippen molar-refractivity contribution in [2.75, 3.05) is 26.4 Å². The van der Waals surface area contributed by atoms with E-state index in [1.165, 1.54) is 3.97 Å². The van der Waals surface area contributed by atoms with Crippen LogP contribution in [0.4, 0.5) is 0 Å². The van der Waals surface area contributed by atoms with Crippen molar-refractivity contribution in [2.45, 2.75) is 74.5 Å². The van der Waals surface area contributed by atoms with Crippen molar-refractivity contribution in [3.8, 4) is 0 Å². The first-order valence-electron chi connectivity index (χ1n) is 18.2. The summed E-state index contributed by atoms with van der Waals surface area (Å²) in [5.41, 5.74) is 11.7. The average molecular weight is 755 g/mol. The van der Waals surface area contributed by atoms with Gasteiger partial charge in [-0.25, -0.2) is 12.4 Å². The smallest absolute Gasteiger partial charge is 0.268 e. The summed E-state index contributed by atoms with van der Waals surface area (Å²) in [5, 5.41) is 16.1. The predicted octanol–water partition coefficient (Wildman–Crippen LogP) is 7.19. The Morgan fingerprint density at radius 2 is 1.39 bits per heavy atom. The van der Waals surface area contributed by atoms with Crippen molar-refractivity contribution in [3.63, 3.8) is 0 Å². The fraction of sp³-hybridized carbons (Fsp3) is 0.366. The van der Waals surface area contributed by atoms with E-state index in [1.807, 2.05) is 78.9 Å². The number of para-hydroxylation sites is 1. The summed E-state index contributed by atoms with van der Waals surface area (Å²) >= 11 is 0. The van der Waals surface area contributed by atoms with Crippen molar-refractivity contribution in [3.05, 3.63) is 149 Å². The molecule has 12 nitrogen and oxygen atoms in total. The number of nitrogens with zero attached hydrogens (tertiary/aromatic N) is 4. The largest absolute Gasteiger partial charge is 0.387 e. The second-order valence-corrected chi connectivity index (χ2v) is 14.9. The zero-order valence-electron chi connectivity index (χ0n) is 30.0. The number of unbranched alkanes of at least 4 members (excludes halogenated alkanes) is 2. The van der Waals surface area contributed by atoms with Crippen LogP contribution in [-0.2, 0) is 53.3 Å². The highest BCUT2D eigenvalue weighted by Crippen LogP contribution is 2.31. The Morgan fingerprint density at radius 1 is 0.759 bits per heavy atom. The molecule has 1 N–H and O–H groups in total. The molecule has 5 atom stereocenters. The molecule has 1 aromatic heterocycles. The third kappa shape index (κ3) is 10.1. The molecule has 6 rings (SSSR count). The third-order valence-corrected chi connectivity index (χ3v) is 11.0. The monoisotopic (exact) mass is 754 g/mol. The van der Waals surface area contributed by atoms with E-state index in [4.69, 9.17) is 29.2 Å². The molecule has 2 heterocycles.